The van der Waals surface area contributed by atoms with Gasteiger partial charge in [0.25, 0.3) is 0 Å². The zero-order valence-electron chi connectivity index (χ0n) is 11.3. The van der Waals surface area contributed by atoms with Crippen LogP contribution in [0.2, 0.25) is 0 Å². The van der Waals surface area contributed by atoms with E-state index in [1.807, 2.05) is 10.9 Å². The van der Waals surface area contributed by atoms with Crippen molar-refractivity contribution in [2.75, 3.05) is 6.54 Å². The Morgan fingerprint density at radius 3 is 2.70 bits per heavy atom. The van der Waals surface area contributed by atoms with E-state index in [0.717, 1.165) is 27.7 Å². The number of aromatic nitrogens is 2. The number of hydrogen-bond acceptors (Lipinski definition) is 2. The van der Waals surface area contributed by atoms with Gasteiger partial charge in [0.2, 0.25) is 0 Å². The molecule has 20 heavy (non-hydrogen) atoms. The van der Waals surface area contributed by atoms with E-state index in [0.29, 0.717) is 0 Å². The third kappa shape index (κ3) is 3.45. The van der Waals surface area contributed by atoms with Crippen LogP contribution < -0.4 is 5.32 Å². The zero-order chi connectivity index (χ0) is 14.7. The van der Waals surface area contributed by atoms with Gasteiger partial charge in [-0.25, -0.2) is 0 Å². The molecule has 1 N–H and O–H groups in total. The molecule has 108 valence electrons. The van der Waals surface area contributed by atoms with Gasteiger partial charge < -0.3 is 5.32 Å². The summed E-state index contributed by atoms with van der Waals surface area (Å²) in [5, 5.41) is 7.99. The minimum absolute atomic E-state index is 0.112. The minimum atomic E-state index is 0.112. The normalized spacial score (nSPS) is 12.7. The van der Waals surface area contributed by atoms with Crippen LogP contribution in [-0.4, -0.2) is 16.3 Å². The van der Waals surface area contributed by atoms with Crippen molar-refractivity contribution >= 4 is 54.5 Å². The molecule has 0 saturated heterocycles. The quantitative estimate of drug-likeness (QED) is 0.587. The third-order valence-corrected chi connectivity index (χ3v) is 5.09. The van der Waals surface area contributed by atoms with E-state index < -0.39 is 0 Å². The minimum Gasteiger partial charge on any atom is -0.305 e. The zero-order valence-corrected chi connectivity index (χ0v) is 16.7. The van der Waals surface area contributed by atoms with E-state index in [4.69, 9.17) is 0 Å². The third-order valence-electron chi connectivity index (χ3n) is 3.08. The lowest BCUT2D eigenvalue weighted by molar-refractivity contribution is 0.539. The molecule has 1 unspecified atom stereocenters. The molecular formula is C14H16Br2IN3. The molecule has 1 atom stereocenters. The lowest BCUT2D eigenvalue weighted by atomic mass is 10.0. The van der Waals surface area contributed by atoms with Gasteiger partial charge in [0.1, 0.15) is 0 Å². The van der Waals surface area contributed by atoms with Crippen molar-refractivity contribution in [2.45, 2.75) is 26.4 Å². The van der Waals surface area contributed by atoms with E-state index in [1.165, 1.54) is 9.13 Å². The number of nitrogens with one attached hydrogen (secondary N) is 1. The maximum Gasteiger partial charge on any atom is 0.0771 e. The first-order chi connectivity index (χ1) is 9.58. The van der Waals surface area contributed by atoms with E-state index >= 15 is 0 Å². The van der Waals surface area contributed by atoms with E-state index in [1.54, 1.807) is 0 Å². The molecule has 0 aliphatic rings. The predicted octanol–water partition coefficient (Wildman–Crippen LogP) is 4.73. The van der Waals surface area contributed by atoms with Gasteiger partial charge in [-0.2, -0.15) is 5.10 Å². The average Bonchev–Trinajstić information content (AvgIpc) is 2.80. The highest BCUT2D eigenvalue weighted by Crippen LogP contribution is 2.33. The van der Waals surface area contributed by atoms with Crippen LogP contribution in [0.15, 0.2) is 33.3 Å². The van der Waals surface area contributed by atoms with Crippen LogP contribution in [0.1, 0.15) is 31.1 Å². The van der Waals surface area contributed by atoms with Gasteiger partial charge in [0.15, 0.2) is 0 Å². The number of aryl methyl sites for hydroxylation is 1. The lowest BCUT2D eigenvalue weighted by Crippen LogP contribution is -2.25. The van der Waals surface area contributed by atoms with Crippen LogP contribution in [-0.2, 0) is 6.54 Å². The van der Waals surface area contributed by atoms with Crippen LogP contribution in [0.3, 0.4) is 0 Å². The summed E-state index contributed by atoms with van der Waals surface area (Å²) in [5.74, 6) is 0. The first-order valence-electron chi connectivity index (χ1n) is 6.48. The number of benzene rings is 1. The summed E-state index contributed by atoms with van der Waals surface area (Å²) < 4.78 is 5.40. The van der Waals surface area contributed by atoms with Crippen LogP contribution in [0, 0.1) is 3.57 Å². The molecule has 0 aliphatic heterocycles. The van der Waals surface area contributed by atoms with Crippen molar-refractivity contribution in [2.24, 2.45) is 0 Å². The molecule has 3 nitrogen and oxygen atoms in total. The first-order valence-corrected chi connectivity index (χ1v) is 9.14. The Balaban J connectivity index is 2.56. The summed E-state index contributed by atoms with van der Waals surface area (Å²) in [5.41, 5.74) is 2.40. The molecule has 2 rings (SSSR count). The molecule has 1 heterocycles. The van der Waals surface area contributed by atoms with Crippen molar-refractivity contribution in [1.29, 1.82) is 0 Å². The van der Waals surface area contributed by atoms with Crippen molar-refractivity contribution in [3.8, 4) is 0 Å². The Morgan fingerprint density at radius 1 is 1.30 bits per heavy atom. The standard InChI is InChI=1S/C14H16Br2IN3/c1-3-18-13(10-7-9(17)5-6-11(10)15)14-12(16)8-19-20(14)4-2/h5-8,13,18H,3-4H2,1-2H3. The lowest BCUT2D eigenvalue weighted by Gasteiger charge is -2.22. The first kappa shape index (κ1) is 16.5. The highest BCUT2D eigenvalue weighted by Gasteiger charge is 2.22. The monoisotopic (exact) mass is 511 g/mol. The molecule has 1 aromatic heterocycles. The van der Waals surface area contributed by atoms with Crippen LogP contribution >= 0.6 is 54.5 Å². The molecule has 0 radical (unpaired) electrons. The Bertz CT molecular complexity index is 598. The van der Waals surface area contributed by atoms with Gasteiger partial charge in [-0.3, -0.25) is 4.68 Å². The van der Waals surface area contributed by atoms with Crippen molar-refractivity contribution in [3.05, 3.63) is 48.2 Å². The SMILES string of the molecule is CCNC(c1cc(I)ccc1Br)c1c(Br)cnn1CC. The van der Waals surface area contributed by atoms with Gasteiger partial charge >= 0.3 is 0 Å². The maximum absolute atomic E-state index is 4.43. The number of hydrogen-bond donors (Lipinski definition) is 1. The van der Waals surface area contributed by atoms with Crippen LogP contribution in [0.25, 0.3) is 0 Å². The Morgan fingerprint density at radius 2 is 2.05 bits per heavy atom. The highest BCUT2D eigenvalue weighted by atomic mass is 127. The summed E-state index contributed by atoms with van der Waals surface area (Å²) >= 11 is 9.64. The smallest absolute Gasteiger partial charge is 0.0771 e. The van der Waals surface area contributed by atoms with Crippen LogP contribution in [0.4, 0.5) is 0 Å². The molecule has 0 bridgehead atoms. The van der Waals surface area contributed by atoms with Gasteiger partial charge in [-0.1, -0.05) is 22.9 Å². The Labute approximate surface area is 149 Å². The fourth-order valence-corrected chi connectivity index (χ4v) is 3.72. The molecule has 1 aromatic carbocycles. The maximum atomic E-state index is 4.43. The largest absolute Gasteiger partial charge is 0.305 e. The number of nitrogens with zero attached hydrogens (tertiary/aromatic N) is 2. The van der Waals surface area contributed by atoms with Gasteiger partial charge in [-0.15, -0.1) is 0 Å². The Kier molecular flexibility index (Phi) is 6.07. The molecule has 2 aromatic rings. The fraction of sp³-hybridized carbons (Fsp3) is 0.357. The molecular weight excluding hydrogens is 497 g/mol. The second-order valence-corrected chi connectivity index (χ2v) is 7.30. The topological polar surface area (TPSA) is 29.9 Å². The van der Waals surface area contributed by atoms with Crippen molar-refractivity contribution < 1.29 is 0 Å². The predicted molar refractivity (Wildman–Crippen MR) is 98.0 cm³/mol. The summed E-state index contributed by atoms with van der Waals surface area (Å²) in [6.45, 7) is 5.97. The molecule has 6 heteroatoms. The second kappa shape index (κ2) is 7.38. The molecule has 0 saturated carbocycles. The molecule has 0 fully saturated rings. The van der Waals surface area contributed by atoms with Crippen LogP contribution in [0.5, 0.6) is 0 Å². The fourth-order valence-electron chi connectivity index (χ4n) is 2.20. The number of rotatable bonds is 5. The second-order valence-electron chi connectivity index (χ2n) is 4.35. The van der Waals surface area contributed by atoms with E-state index in [2.05, 4.69) is 96.9 Å². The van der Waals surface area contributed by atoms with Gasteiger partial charge in [0, 0.05) is 14.6 Å². The van der Waals surface area contributed by atoms with Gasteiger partial charge in [0.05, 0.1) is 22.4 Å². The molecule has 0 amide bonds. The summed E-state index contributed by atoms with van der Waals surface area (Å²) in [6, 6.07) is 6.52. The van der Waals surface area contributed by atoms with E-state index in [9.17, 15) is 0 Å². The molecule has 0 aliphatic carbocycles. The van der Waals surface area contributed by atoms with Crippen molar-refractivity contribution in [1.82, 2.24) is 15.1 Å². The highest BCUT2D eigenvalue weighted by molar-refractivity contribution is 14.1. The summed E-state index contributed by atoms with van der Waals surface area (Å²) in [6.07, 6.45) is 1.87. The Hall–Kier alpha value is 0.0800. The number of halogens is 3. The average molecular weight is 513 g/mol. The van der Waals surface area contributed by atoms with Gasteiger partial charge in [-0.05, 0) is 75.8 Å². The van der Waals surface area contributed by atoms with E-state index in [-0.39, 0.29) is 6.04 Å². The van der Waals surface area contributed by atoms with Crippen molar-refractivity contribution in [3.63, 3.8) is 0 Å². The summed E-state index contributed by atoms with van der Waals surface area (Å²) in [4.78, 5) is 0. The summed E-state index contributed by atoms with van der Waals surface area (Å²) in [7, 11) is 0. The molecule has 0 spiro atoms.